The highest BCUT2D eigenvalue weighted by Crippen LogP contribution is 2.23. The number of thioether (sulfide) groups is 1. The highest BCUT2D eigenvalue weighted by Gasteiger charge is 2.10. The molecule has 14 heavy (non-hydrogen) atoms. The molecule has 0 bridgehead atoms. The van der Waals surface area contributed by atoms with Crippen molar-refractivity contribution in [3.05, 3.63) is 23.9 Å². The number of aliphatic hydroxyl groups is 1. The fourth-order valence-electron chi connectivity index (χ4n) is 0.890. The maximum absolute atomic E-state index is 9.31. The third-order valence-corrected chi connectivity index (χ3v) is 3.27. The van der Waals surface area contributed by atoms with Gasteiger partial charge in [-0.1, -0.05) is 13.0 Å². The third kappa shape index (κ3) is 3.29. The summed E-state index contributed by atoms with van der Waals surface area (Å²) in [6.45, 7) is 4.28. The molecular formula is C10H16N2OS. The van der Waals surface area contributed by atoms with Crippen molar-refractivity contribution in [1.82, 2.24) is 4.98 Å². The number of nitrogens with two attached hydrogens (primary N) is 1. The topological polar surface area (TPSA) is 59.1 Å². The second kappa shape index (κ2) is 5.34. The fourth-order valence-corrected chi connectivity index (χ4v) is 1.73. The molecule has 0 aliphatic heterocycles. The quantitative estimate of drug-likeness (QED) is 0.741. The Morgan fingerprint density at radius 1 is 1.50 bits per heavy atom. The minimum absolute atomic E-state index is 0.159. The van der Waals surface area contributed by atoms with Crippen LogP contribution in [-0.4, -0.2) is 21.4 Å². The molecule has 2 atom stereocenters. The molecule has 0 saturated heterocycles. The van der Waals surface area contributed by atoms with Crippen molar-refractivity contribution >= 4 is 11.8 Å². The molecule has 1 heterocycles. The highest BCUT2D eigenvalue weighted by molar-refractivity contribution is 7.99. The number of pyridine rings is 1. The molecule has 3 N–H and O–H groups in total. The molecule has 0 saturated carbocycles. The van der Waals surface area contributed by atoms with Crippen LogP contribution in [0.4, 0.5) is 0 Å². The van der Waals surface area contributed by atoms with E-state index >= 15 is 0 Å². The first-order valence-corrected chi connectivity index (χ1v) is 5.51. The Bertz CT molecular complexity index is 274. The lowest BCUT2D eigenvalue weighted by Crippen LogP contribution is -2.15. The molecule has 1 aromatic rings. The van der Waals surface area contributed by atoms with E-state index in [9.17, 15) is 5.11 Å². The average Bonchev–Trinajstić information content (AvgIpc) is 2.19. The third-order valence-electron chi connectivity index (χ3n) is 2.02. The van der Waals surface area contributed by atoms with E-state index in [1.165, 1.54) is 0 Å². The maximum Gasteiger partial charge on any atom is 0.0963 e. The molecule has 2 unspecified atom stereocenters. The SMILES string of the molecule is CC(O)C(C)Sc1ccc(CN)cn1. The number of nitrogens with zero attached hydrogens (tertiary/aromatic N) is 1. The van der Waals surface area contributed by atoms with Crippen molar-refractivity contribution in [2.24, 2.45) is 5.73 Å². The van der Waals surface area contributed by atoms with E-state index in [2.05, 4.69) is 4.98 Å². The van der Waals surface area contributed by atoms with Gasteiger partial charge in [0, 0.05) is 18.0 Å². The van der Waals surface area contributed by atoms with Crippen molar-refractivity contribution in [3.8, 4) is 0 Å². The van der Waals surface area contributed by atoms with Crippen molar-refractivity contribution in [2.75, 3.05) is 0 Å². The number of rotatable bonds is 4. The van der Waals surface area contributed by atoms with E-state index in [-0.39, 0.29) is 11.4 Å². The van der Waals surface area contributed by atoms with Gasteiger partial charge in [0.2, 0.25) is 0 Å². The van der Waals surface area contributed by atoms with Gasteiger partial charge in [-0.25, -0.2) is 4.98 Å². The largest absolute Gasteiger partial charge is 0.392 e. The lowest BCUT2D eigenvalue weighted by Gasteiger charge is -2.13. The molecular weight excluding hydrogens is 196 g/mol. The first-order chi connectivity index (χ1) is 6.63. The molecule has 0 aliphatic rings. The average molecular weight is 212 g/mol. The second-order valence-electron chi connectivity index (χ2n) is 3.27. The van der Waals surface area contributed by atoms with Crippen molar-refractivity contribution in [1.29, 1.82) is 0 Å². The molecule has 0 radical (unpaired) electrons. The van der Waals surface area contributed by atoms with Gasteiger partial charge in [-0.2, -0.15) is 0 Å². The smallest absolute Gasteiger partial charge is 0.0963 e. The summed E-state index contributed by atoms with van der Waals surface area (Å²) in [4.78, 5) is 4.24. The molecule has 3 nitrogen and oxygen atoms in total. The molecule has 0 amide bonds. The molecule has 0 fully saturated rings. The van der Waals surface area contributed by atoms with E-state index in [1.807, 2.05) is 19.1 Å². The zero-order valence-electron chi connectivity index (χ0n) is 8.47. The number of aromatic nitrogens is 1. The van der Waals surface area contributed by atoms with Crippen LogP contribution in [0.3, 0.4) is 0 Å². The predicted molar refractivity (Wildman–Crippen MR) is 59.1 cm³/mol. The van der Waals surface area contributed by atoms with Gasteiger partial charge >= 0.3 is 0 Å². The molecule has 0 spiro atoms. The Morgan fingerprint density at radius 2 is 2.21 bits per heavy atom. The Balaban J connectivity index is 2.59. The normalized spacial score (nSPS) is 15.1. The van der Waals surface area contributed by atoms with E-state index in [0.717, 1.165) is 10.6 Å². The zero-order valence-corrected chi connectivity index (χ0v) is 9.29. The molecule has 4 heteroatoms. The minimum Gasteiger partial charge on any atom is -0.392 e. The number of hydrogen-bond acceptors (Lipinski definition) is 4. The standard InChI is InChI=1S/C10H16N2OS/c1-7(13)8(2)14-10-4-3-9(5-11)6-12-10/h3-4,6-8,13H,5,11H2,1-2H3. The van der Waals surface area contributed by atoms with Crippen LogP contribution in [-0.2, 0) is 6.54 Å². The van der Waals surface area contributed by atoms with Gasteiger partial charge in [-0.3, -0.25) is 0 Å². The molecule has 1 rings (SSSR count). The van der Waals surface area contributed by atoms with Crippen molar-refractivity contribution in [2.45, 2.75) is 36.8 Å². The van der Waals surface area contributed by atoms with E-state index < -0.39 is 0 Å². The highest BCUT2D eigenvalue weighted by atomic mass is 32.2. The summed E-state index contributed by atoms with van der Waals surface area (Å²) in [7, 11) is 0. The van der Waals surface area contributed by atoms with Crippen molar-refractivity contribution in [3.63, 3.8) is 0 Å². The van der Waals surface area contributed by atoms with E-state index in [4.69, 9.17) is 5.73 Å². The Kier molecular flexibility index (Phi) is 4.38. The first kappa shape index (κ1) is 11.5. The van der Waals surface area contributed by atoms with Crippen molar-refractivity contribution < 1.29 is 5.11 Å². The van der Waals surface area contributed by atoms with Gasteiger partial charge in [0.05, 0.1) is 11.1 Å². The molecule has 0 aromatic carbocycles. The van der Waals surface area contributed by atoms with Gasteiger partial charge in [0.25, 0.3) is 0 Å². The van der Waals surface area contributed by atoms with Gasteiger partial charge in [-0.15, -0.1) is 11.8 Å². The summed E-state index contributed by atoms with van der Waals surface area (Å²) in [6, 6.07) is 3.90. The van der Waals surface area contributed by atoms with Crippen LogP contribution in [0.15, 0.2) is 23.4 Å². The van der Waals surface area contributed by atoms with Crippen LogP contribution in [0.5, 0.6) is 0 Å². The summed E-state index contributed by atoms with van der Waals surface area (Å²) in [5, 5.41) is 10.4. The van der Waals surface area contributed by atoms with Gasteiger partial charge in [0.15, 0.2) is 0 Å². The summed E-state index contributed by atoms with van der Waals surface area (Å²) >= 11 is 1.57. The van der Waals surface area contributed by atoms with Gasteiger partial charge in [-0.05, 0) is 18.6 Å². The Hall–Kier alpha value is -0.580. The zero-order chi connectivity index (χ0) is 10.6. The summed E-state index contributed by atoms with van der Waals surface area (Å²) in [6.07, 6.45) is 1.45. The van der Waals surface area contributed by atoms with Crippen LogP contribution >= 0.6 is 11.8 Å². The van der Waals surface area contributed by atoms with Gasteiger partial charge in [0.1, 0.15) is 0 Å². The predicted octanol–water partition coefficient (Wildman–Crippen LogP) is 1.40. The first-order valence-electron chi connectivity index (χ1n) is 4.63. The van der Waals surface area contributed by atoms with Crippen LogP contribution in [0.25, 0.3) is 0 Å². The van der Waals surface area contributed by atoms with Crippen LogP contribution in [0.2, 0.25) is 0 Å². The Labute approximate surface area is 88.7 Å². The monoisotopic (exact) mass is 212 g/mol. The lowest BCUT2D eigenvalue weighted by atomic mass is 10.3. The fraction of sp³-hybridized carbons (Fsp3) is 0.500. The van der Waals surface area contributed by atoms with Crippen LogP contribution < -0.4 is 5.73 Å². The maximum atomic E-state index is 9.31. The Morgan fingerprint density at radius 3 is 2.64 bits per heavy atom. The summed E-state index contributed by atoms with van der Waals surface area (Å²) in [5.41, 5.74) is 6.49. The lowest BCUT2D eigenvalue weighted by molar-refractivity contribution is 0.196. The molecule has 1 aromatic heterocycles. The van der Waals surface area contributed by atoms with Gasteiger partial charge < -0.3 is 10.8 Å². The minimum atomic E-state index is -0.323. The molecule has 0 aliphatic carbocycles. The summed E-state index contributed by atoms with van der Waals surface area (Å²) in [5.74, 6) is 0. The number of hydrogen-bond donors (Lipinski definition) is 2. The molecule has 78 valence electrons. The second-order valence-corrected chi connectivity index (χ2v) is 4.67. The number of aliphatic hydroxyl groups excluding tert-OH is 1. The van der Waals surface area contributed by atoms with Crippen LogP contribution in [0.1, 0.15) is 19.4 Å². The van der Waals surface area contributed by atoms with E-state index in [1.54, 1.807) is 24.9 Å². The summed E-state index contributed by atoms with van der Waals surface area (Å²) < 4.78 is 0. The van der Waals surface area contributed by atoms with Crippen LogP contribution in [0, 0.1) is 0 Å². The van der Waals surface area contributed by atoms with E-state index in [0.29, 0.717) is 6.54 Å².